The minimum Gasteiger partial charge on any atom is -0.354 e. The fraction of sp³-hybridized carbons (Fsp3) is 0.533. The number of carbonyl (C=O) groups excluding carboxylic acids is 5. The lowest BCUT2D eigenvalue weighted by Crippen LogP contribution is -2.38. The van der Waals surface area contributed by atoms with E-state index in [1.165, 1.54) is 12.2 Å². The largest absolute Gasteiger partial charge is 0.354 e. The summed E-state index contributed by atoms with van der Waals surface area (Å²) in [6, 6.07) is -0.503. The van der Waals surface area contributed by atoms with Crippen LogP contribution >= 0.6 is 0 Å². The number of imide groups is 1. The summed E-state index contributed by atoms with van der Waals surface area (Å²) in [4.78, 5) is 57.0. The van der Waals surface area contributed by atoms with Crippen molar-refractivity contribution >= 4 is 29.9 Å². The predicted octanol–water partition coefficient (Wildman–Crippen LogP) is -0.708. The molecular weight excluding hydrogens is 302 g/mol. The molecule has 8 heteroatoms. The van der Waals surface area contributed by atoms with Crippen molar-refractivity contribution < 1.29 is 24.0 Å². The molecule has 1 unspecified atom stereocenters. The van der Waals surface area contributed by atoms with Crippen LogP contribution in [0, 0.1) is 0 Å². The molecule has 0 saturated heterocycles. The van der Waals surface area contributed by atoms with E-state index in [9.17, 15) is 24.0 Å². The molecular formula is C15H21N3O5. The van der Waals surface area contributed by atoms with Crippen LogP contribution in [0.25, 0.3) is 0 Å². The number of nitrogens with zero attached hydrogens (tertiary/aromatic N) is 1. The van der Waals surface area contributed by atoms with E-state index < -0.39 is 6.04 Å². The number of hydrogen-bond donors (Lipinski definition) is 2. The first-order valence-corrected chi connectivity index (χ1v) is 7.49. The van der Waals surface area contributed by atoms with Crippen LogP contribution < -0.4 is 10.6 Å². The number of hydrogen-bond acceptors (Lipinski definition) is 5. The van der Waals surface area contributed by atoms with Crippen LogP contribution in [-0.2, 0) is 24.0 Å². The second-order valence-corrected chi connectivity index (χ2v) is 5.21. The molecule has 1 rings (SSSR count). The summed E-state index contributed by atoms with van der Waals surface area (Å²) < 4.78 is 0. The molecule has 0 bridgehead atoms. The maximum absolute atomic E-state index is 11.6. The third kappa shape index (κ3) is 6.86. The van der Waals surface area contributed by atoms with Crippen molar-refractivity contribution in [2.75, 3.05) is 13.1 Å². The van der Waals surface area contributed by atoms with Crippen molar-refractivity contribution in [1.29, 1.82) is 0 Å². The van der Waals surface area contributed by atoms with Crippen molar-refractivity contribution in [3.8, 4) is 0 Å². The van der Waals surface area contributed by atoms with Crippen LogP contribution in [0.15, 0.2) is 12.2 Å². The van der Waals surface area contributed by atoms with Gasteiger partial charge in [0.25, 0.3) is 11.8 Å². The Hall–Kier alpha value is -2.51. The van der Waals surface area contributed by atoms with Crippen molar-refractivity contribution in [1.82, 2.24) is 15.5 Å². The third-order valence-corrected chi connectivity index (χ3v) is 3.21. The second-order valence-electron chi connectivity index (χ2n) is 5.21. The number of aldehydes is 1. The normalized spacial score (nSPS) is 14.7. The molecule has 0 aliphatic carbocycles. The zero-order valence-corrected chi connectivity index (χ0v) is 13.0. The van der Waals surface area contributed by atoms with Gasteiger partial charge in [-0.2, -0.15) is 0 Å². The van der Waals surface area contributed by atoms with Crippen LogP contribution in [0.2, 0.25) is 0 Å². The quantitative estimate of drug-likeness (QED) is 0.313. The molecule has 0 aromatic carbocycles. The number of rotatable bonds is 10. The van der Waals surface area contributed by atoms with Crippen LogP contribution in [0.5, 0.6) is 0 Å². The van der Waals surface area contributed by atoms with Gasteiger partial charge in [-0.25, -0.2) is 0 Å². The van der Waals surface area contributed by atoms with E-state index in [0.717, 1.165) is 4.90 Å². The summed E-state index contributed by atoms with van der Waals surface area (Å²) in [5, 5.41) is 5.13. The standard InChI is InChI=1S/C15H21N3O5/c1-11(10-19)17-13(21)5-3-2-4-12(20)16-8-9-18-14(22)6-7-15(18)23/h6-7,10-11H,2-5,8-9H2,1H3,(H,16,20)(H,17,21). The summed E-state index contributed by atoms with van der Waals surface area (Å²) in [6.45, 7) is 1.93. The highest BCUT2D eigenvalue weighted by molar-refractivity contribution is 6.12. The summed E-state index contributed by atoms with van der Waals surface area (Å²) in [6.07, 6.45) is 4.64. The van der Waals surface area contributed by atoms with Crippen LogP contribution in [0.4, 0.5) is 0 Å². The van der Waals surface area contributed by atoms with Gasteiger partial charge in [0.05, 0.1) is 6.04 Å². The van der Waals surface area contributed by atoms with E-state index in [1.807, 2.05) is 0 Å². The third-order valence-electron chi connectivity index (χ3n) is 3.21. The molecule has 1 heterocycles. The lowest BCUT2D eigenvalue weighted by Gasteiger charge is -2.13. The maximum atomic E-state index is 11.6. The van der Waals surface area contributed by atoms with E-state index in [4.69, 9.17) is 0 Å². The Balaban J connectivity index is 2.06. The first kappa shape index (κ1) is 18.5. The van der Waals surface area contributed by atoms with Crippen molar-refractivity contribution in [3.05, 3.63) is 12.2 Å². The smallest absolute Gasteiger partial charge is 0.253 e. The van der Waals surface area contributed by atoms with Gasteiger partial charge < -0.3 is 15.4 Å². The van der Waals surface area contributed by atoms with E-state index in [1.54, 1.807) is 6.92 Å². The van der Waals surface area contributed by atoms with Gasteiger partial charge in [0.1, 0.15) is 6.29 Å². The first-order valence-electron chi connectivity index (χ1n) is 7.49. The van der Waals surface area contributed by atoms with Gasteiger partial charge in [-0.3, -0.25) is 24.1 Å². The molecule has 1 aliphatic rings. The van der Waals surface area contributed by atoms with Gasteiger partial charge in [0, 0.05) is 38.1 Å². The fourth-order valence-corrected chi connectivity index (χ4v) is 1.98. The Kier molecular flexibility index (Phi) is 7.65. The Bertz CT molecular complexity index is 497. The molecule has 0 saturated carbocycles. The van der Waals surface area contributed by atoms with Crippen molar-refractivity contribution in [2.24, 2.45) is 0 Å². The molecule has 2 N–H and O–H groups in total. The number of carbonyl (C=O) groups is 5. The van der Waals surface area contributed by atoms with E-state index in [0.29, 0.717) is 19.1 Å². The molecule has 0 aromatic rings. The van der Waals surface area contributed by atoms with Crippen molar-refractivity contribution in [2.45, 2.75) is 38.6 Å². The SMILES string of the molecule is CC(C=O)NC(=O)CCCCC(=O)NCCN1C(=O)C=CC1=O. The van der Waals surface area contributed by atoms with E-state index in [-0.39, 0.29) is 49.6 Å². The molecule has 0 radical (unpaired) electrons. The average molecular weight is 323 g/mol. The number of unbranched alkanes of at least 4 members (excludes halogenated alkanes) is 1. The Morgan fingerprint density at radius 1 is 1.13 bits per heavy atom. The van der Waals surface area contributed by atoms with Crippen LogP contribution in [0.3, 0.4) is 0 Å². The van der Waals surface area contributed by atoms with Gasteiger partial charge in [-0.05, 0) is 19.8 Å². The van der Waals surface area contributed by atoms with Gasteiger partial charge in [0.15, 0.2) is 0 Å². The highest BCUT2D eigenvalue weighted by atomic mass is 16.2. The Morgan fingerprint density at radius 3 is 2.26 bits per heavy atom. The van der Waals surface area contributed by atoms with Crippen LogP contribution in [0.1, 0.15) is 32.6 Å². The highest BCUT2D eigenvalue weighted by Gasteiger charge is 2.22. The Morgan fingerprint density at radius 2 is 1.70 bits per heavy atom. The summed E-state index contributed by atoms with van der Waals surface area (Å²) in [7, 11) is 0. The molecule has 1 atom stereocenters. The van der Waals surface area contributed by atoms with E-state index in [2.05, 4.69) is 10.6 Å². The van der Waals surface area contributed by atoms with Gasteiger partial charge >= 0.3 is 0 Å². The molecule has 1 aliphatic heterocycles. The monoisotopic (exact) mass is 323 g/mol. The zero-order chi connectivity index (χ0) is 17.2. The van der Waals surface area contributed by atoms with Gasteiger partial charge in [0.2, 0.25) is 11.8 Å². The average Bonchev–Trinajstić information content (AvgIpc) is 2.83. The van der Waals surface area contributed by atoms with Crippen molar-refractivity contribution in [3.63, 3.8) is 0 Å². The van der Waals surface area contributed by atoms with E-state index >= 15 is 0 Å². The number of amides is 4. The van der Waals surface area contributed by atoms with Gasteiger partial charge in [-0.15, -0.1) is 0 Å². The lowest BCUT2D eigenvalue weighted by atomic mass is 10.1. The summed E-state index contributed by atoms with van der Waals surface area (Å²) >= 11 is 0. The number of nitrogens with one attached hydrogen (secondary N) is 2. The second kappa shape index (κ2) is 9.50. The van der Waals surface area contributed by atoms with Gasteiger partial charge in [-0.1, -0.05) is 0 Å². The fourth-order valence-electron chi connectivity index (χ4n) is 1.98. The van der Waals surface area contributed by atoms with Crippen LogP contribution in [-0.4, -0.2) is 53.9 Å². The maximum Gasteiger partial charge on any atom is 0.253 e. The summed E-state index contributed by atoms with van der Waals surface area (Å²) in [5.74, 6) is -1.16. The predicted molar refractivity (Wildman–Crippen MR) is 81.0 cm³/mol. The minimum atomic E-state index is -0.503. The molecule has 0 fully saturated rings. The highest BCUT2D eigenvalue weighted by Crippen LogP contribution is 2.02. The lowest BCUT2D eigenvalue weighted by molar-refractivity contribution is -0.137. The summed E-state index contributed by atoms with van der Waals surface area (Å²) in [5.41, 5.74) is 0. The topological polar surface area (TPSA) is 113 Å². The molecule has 0 spiro atoms. The molecule has 4 amide bonds. The molecule has 23 heavy (non-hydrogen) atoms. The first-order chi connectivity index (χ1) is 10.9. The molecule has 0 aromatic heterocycles. The minimum absolute atomic E-state index is 0.141. The zero-order valence-electron chi connectivity index (χ0n) is 13.0. The molecule has 8 nitrogen and oxygen atoms in total. The Labute approximate surface area is 134 Å². The molecule has 126 valence electrons.